The van der Waals surface area contributed by atoms with E-state index < -0.39 is 9.84 Å². The Morgan fingerprint density at radius 2 is 2.15 bits per heavy atom. The highest BCUT2D eigenvalue weighted by molar-refractivity contribution is 8.01. The first kappa shape index (κ1) is 15.7. The van der Waals surface area contributed by atoms with Gasteiger partial charge in [0.2, 0.25) is 0 Å². The largest absolute Gasteiger partial charge is 0.492 e. The molecule has 20 heavy (non-hydrogen) atoms. The Bertz CT molecular complexity index is 545. The molecule has 1 aromatic rings. The van der Waals surface area contributed by atoms with Crippen LogP contribution in [0.2, 0.25) is 0 Å². The highest BCUT2D eigenvalue weighted by atomic mass is 32.2. The molecule has 0 amide bonds. The summed E-state index contributed by atoms with van der Waals surface area (Å²) in [5.41, 5.74) is 1.16. The van der Waals surface area contributed by atoms with Crippen molar-refractivity contribution in [2.75, 3.05) is 30.9 Å². The van der Waals surface area contributed by atoms with E-state index in [1.807, 2.05) is 18.2 Å². The number of hydrogen-bond donors (Lipinski definition) is 1. The van der Waals surface area contributed by atoms with Crippen LogP contribution in [0.5, 0.6) is 5.75 Å². The van der Waals surface area contributed by atoms with Crippen molar-refractivity contribution in [2.45, 2.75) is 18.2 Å². The molecule has 2 unspecified atom stereocenters. The minimum atomic E-state index is -2.90. The molecule has 2 atom stereocenters. The van der Waals surface area contributed by atoms with Crippen molar-refractivity contribution in [1.82, 2.24) is 5.32 Å². The van der Waals surface area contributed by atoms with Crippen molar-refractivity contribution < 1.29 is 13.2 Å². The molecule has 0 saturated carbocycles. The third-order valence-corrected chi connectivity index (χ3v) is 5.72. The maximum Gasteiger partial charge on any atom is 0.148 e. The van der Waals surface area contributed by atoms with Crippen molar-refractivity contribution in [3.05, 3.63) is 29.8 Å². The summed E-state index contributed by atoms with van der Waals surface area (Å²) in [5, 5.41) is 3.73. The van der Waals surface area contributed by atoms with Gasteiger partial charge in [0, 0.05) is 17.6 Å². The van der Waals surface area contributed by atoms with E-state index in [1.54, 1.807) is 11.8 Å². The summed E-state index contributed by atoms with van der Waals surface area (Å²) in [5.74, 6) is 1.75. The molecule has 0 fully saturated rings. The lowest BCUT2D eigenvalue weighted by molar-refractivity contribution is 0.262. The summed E-state index contributed by atoms with van der Waals surface area (Å²) in [6, 6.07) is 8.26. The Labute approximate surface area is 125 Å². The highest BCUT2D eigenvalue weighted by Crippen LogP contribution is 2.37. The Morgan fingerprint density at radius 3 is 2.85 bits per heavy atom. The number of rotatable bonds is 6. The molecular weight excluding hydrogens is 294 g/mol. The van der Waals surface area contributed by atoms with Gasteiger partial charge in [0.1, 0.15) is 22.2 Å². The number of nitrogens with one attached hydrogen (secondary N) is 1. The lowest BCUT2D eigenvalue weighted by Crippen LogP contribution is -2.38. The molecule has 1 aliphatic heterocycles. The summed E-state index contributed by atoms with van der Waals surface area (Å²) >= 11 is 1.67. The van der Waals surface area contributed by atoms with Crippen molar-refractivity contribution in [3.63, 3.8) is 0 Å². The van der Waals surface area contributed by atoms with Gasteiger partial charge in [-0.25, -0.2) is 8.42 Å². The Hall–Kier alpha value is -0.720. The molecule has 0 bridgehead atoms. The first-order chi connectivity index (χ1) is 9.51. The quantitative estimate of drug-likeness (QED) is 0.868. The third-order valence-electron chi connectivity index (χ3n) is 3.24. The number of sulfone groups is 1. The zero-order valence-electron chi connectivity index (χ0n) is 11.8. The summed E-state index contributed by atoms with van der Waals surface area (Å²) in [6.45, 7) is 3.57. The molecule has 0 aromatic heterocycles. The summed E-state index contributed by atoms with van der Waals surface area (Å²) in [4.78, 5) is 0. The zero-order valence-corrected chi connectivity index (χ0v) is 13.5. The van der Waals surface area contributed by atoms with Gasteiger partial charge < -0.3 is 10.1 Å². The first-order valence-corrected chi connectivity index (χ1v) is 9.86. The van der Waals surface area contributed by atoms with E-state index in [-0.39, 0.29) is 17.0 Å². The summed E-state index contributed by atoms with van der Waals surface area (Å²) in [6.07, 6.45) is 1.28. The van der Waals surface area contributed by atoms with E-state index in [0.717, 1.165) is 17.9 Å². The maximum atomic E-state index is 11.2. The van der Waals surface area contributed by atoms with Gasteiger partial charge in [0.05, 0.1) is 17.0 Å². The lowest BCUT2D eigenvalue weighted by Gasteiger charge is -2.33. The molecular formula is C14H21NO3S2. The van der Waals surface area contributed by atoms with Crippen LogP contribution < -0.4 is 10.1 Å². The van der Waals surface area contributed by atoms with Crippen molar-refractivity contribution >= 4 is 21.6 Å². The Balaban J connectivity index is 2.06. The molecule has 0 spiro atoms. The van der Waals surface area contributed by atoms with Crippen LogP contribution in [0.4, 0.5) is 0 Å². The van der Waals surface area contributed by atoms with Crippen molar-refractivity contribution in [2.24, 2.45) is 0 Å². The molecule has 1 aromatic carbocycles. The van der Waals surface area contributed by atoms with E-state index in [4.69, 9.17) is 4.74 Å². The highest BCUT2D eigenvalue weighted by Gasteiger charge is 2.30. The second kappa shape index (κ2) is 6.83. The minimum Gasteiger partial charge on any atom is -0.492 e. The van der Waals surface area contributed by atoms with Gasteiger partial charge >= 0.3 is 0 Å². The van der Waals surface area contributed by atoms with Gasteiger partial charge in [-0.2, -0.15) is 11.8 Å². The van der Waals surface area contributed by atoms with Gasteiger partial charge in [-0.1, -0.05) is 25.1 Å². The molecule has 1 N–H and O–H groups in total. The fourth-order valence-electron chi connectivity index (χ4n) is 2.29. The number of hydrogen-bond acceptors (Lipinski definition) is 5. The standard InChI is InChI=1S/C14H21NO3S2/c1-3-15-14-11-6-4-5-7-12(11)18-10-13(14)19-8-9-20(2,16)17/h4-7,13-15H,3,8-10H2,1-2H3. The zero-order chi connectivity index (χ0) is 14.6. The first-order valence-electron chi connectivity index (χ1n) is 6.75. The van der Waals surface area contributed by atoms with Crippen LogP contribution in [0.25, 0.3) is 0 Å². The van der Waals surface area contributed by atoms with E-state index in [0.29, 0.717) is 12.4 Å². The number of thioether (sulfide) groups is 1. The monoisotopic (exact) mass is 315 g/mol. The fraction of sp³-hybridized carbons (Fsp3) is 0.571. The smallest absolute Gasteiger partial charge is 0.148 e. The lowest BCUT2D eigenvalue weighted by atomic mass is 10.0. The van der Waals surface area contributed by atoms with Crippen LogP contribution in [0.15, 0.2) is 24.3 Å². The second-order valence-electron chi connectivity index (χ2n) is 4.92. The van der Waals surface area contributed by atoms with Crippen LogP contribution in [0.3, 0.4) is 0 Å². The average Bonchev–Trinajstić information content (AvgIpc) is 2.40. The predicted molar refractivity (Wildman–Crippen MR) is 84.3 cm³/mol. The number of ether oxygens (including phenoxy) is 1. The molecule has 4 nitrogen and oxygen atoms in total. The Kier molecular flexibility index (Phi) is 5.35. The van der Waals surface area contributed by atoms with Gasteiger partial charge in [-0.3, -0.25) is 0 Å². The summed E-state index contributed by atoms with van der Waals surface area (Å²) < 4.78 is 28.2. The molecule has 0 saturated heterocycles. The molecule has 0 aliphatic carbocycles. The van der Waals surface area contributed by atoms with E-state index >= 15 is 0 Å². The molecule has 6 heteroatoms. The third kappa shape index (κ3) is 4.14. The van der Waals surface area contributed by atoms with Gasteiger partial charge in [0.25, 0.3) is 0 Å². The molecule has 1 aliphatic rings. The van der Waals surface area contributed by atoms with Crippen LogP contribution in [0, 0.1) is 0 Å². The minimum absolute atomic E-state index is 0.217. The molecule has 112 valence electrons. The topological polar surface area (TPSA) is 55.4 Å². The van der Waals surface area contributed by atoms with E-state index in [2.05, 4.69) is 18.3 Å². The normalized spacial score (nSPS) is 22.1. The second-order valence-corrected chi connectivity index (χ2v) is 8.53. The maximum absolute atomic E-state index is 11.2. The van der Waals surface area contributed by atoms with Gasteiger partial charge in [-0.15, -0.1) is 0 Å². The van der Waals surface area contributed by atoms with E-state index in [1.165, 1.54) is 6.26 Å². The SMILES string of the molecule is CCNC1c2ccccc2OCC1SCCS(C)(=O)=O. The average molecular weight is 315 g/mol. The van der Waals surface area contributed by atoms with Crippen LogP contribution in [-0.2, 0) is 9.84 Å². The van der Waals surface area contributed by atoms with Crippen molar-refractivity contribution in [1.29, 1.82) is 0 Å². The number of benzene rings is 1. The van der Waals surface area contributed by atoms with Crippen LogP contribution in [-0.4, -0.2) is 44.6 Å². The van der Waals surface area contributed by atoms with Crippen LogP contribution in [0.1, 0.15) is 18.5 Å². The number of para-hydroxylation sites is 1. The van der Waals surface area contributed by atoms with Crippen molar-refractivity contribution in [3.8, 4) is 5.75 Å². The molecule has 1 heterocycles. The molecule has 0 radical (unpaired) electrons. The fourth-order valence-corrected chi connectivity index (χ4v) is 4.79. The number of fused-ring (bicyclic) bond motifs is 1. The summed E-state index contributed by atoms with van der Waals surface area (Å²) in [7, 11) is -2.90. The van der Waals surface area contributed by atoms with Crippen LogP contribution >= 0.6 is 11.8 Å². The van der Waals surface area contributed by atoms with Gasteiger partial charge in [0.15, 0.2) is 0 Å². The van der Waals surface area contributed by atoms with Gasteiger partial charge in [-0.05, 0) is 12.6 Å². The van der Waals surface area contributed by atoms with E-state index in [9.17, 15) is 8.42 Å². The molecule has 2 rings (SSSR count). The predicted octanol–water partition coefficient (Wildman–Crippen LogP) is 1.88. The Morgan fingerprint density at radius 1 is 1.40 bits per heavy atom.